The summed E-state index contributed by atoms with van der Waals surface area (Å²) < 4.78 is 49.7. The van der Waals surface area contributed by atoms with E-state index in [9.17, 15) is 22.8 Å². The molecule has 3 aliphatic heterocycles. The highest BCUT2D eigenvalue weighted by molar-refractivity contribution is 7.11. The molecule has 1 aromatic carbocycles. The second kappa shape index (κ2) is 11.5. The topological polar surface area (TPSA) is 123 Å². The summed E-state index contributed by atoms with van der Waals surface area (Å²) >= 11 is 7.82. The number of carbonyl (C=O) groups excluding carboxylic acids is 2. The number of ether oxygens (including phenoxy) is 2. The standard InChI is InChI=1S/C26H24ClF3N6O4S/c1-39-19(37)5-8-36-25(38)40-13-26(36)11-18-20(17(31)4-6-33-24(29)30)21(15-3-2-14(28)10-16(15)27)34-22(35(18)12-26)23-32-7-9-41-23/h2-4,6-7,9-10,21,24H,5,8,11-13,31H2,1H3/t21-,26-/m0/s1. The van der Waals surface area contributed by atoms with E-state index in [4.69, 9.17) is 31.8 Å². The summed E-state index contributed by atoms with van der Waals surface area (Å²) in [7, 11) is 1.26. The second-order valence-electron chi connectivity index (χ2n) is 9.44. The van der Waals surface area contributed by atoms with Crippen LogP contribution >= 0.6 is 22.9 Å². The summed E-state index contributed by atoms with van der Waals surface area (Å²) in [5.41, 5.74) is 7.12. The van der Waals surface area contributed by atoms with E-state index < -0.39 is 36.0 Å². The largest absolute Gasteiger partial charge is 0.469 e. The first-order valence-corrected chi connectivity index (χ1v) is 13.6. The molecular weight excluding hydrogens is 585 g/mol. The number of nitrogens with zero attached hydrogens (tertiary/aromatic N) is 5. The van der Waals surface area contributed by atoms with Crippen LogP contribution < -0.4 is 5.73 Å². The van der Waals surface area contributed by atoms with E-state index in [1.54, 1.807) is 11.6 Å². The molecule has 2 atom stereocenters. The Morgan fingerprint density at radius 3 is 2.93 bits per heavy atom. The average Bonchev–Trinajstić information content (AvgIpc) is 3.66. The summed E-state index contributed by atoms with van der Waals surface area (Å²) in [6.07, 6.45) is 3.33. The van der Waals surface area contributed by atoms with Crippen LogP contribution in [-0.2, 0) is 14.3 Å². The van der Waals surface area contributed by atoms with E-state index in [0.717, 1.165) is 12.3 Å². The highest BCUT2D eigenvalue weighted by Gasteiger charge is 2.56. The van der Waals surface area contributed by atoms with Gasteiger partial charge in [0.25, 0.3) is 0 Å². The zero-order chi connectivity index (χ0) is 29.3. The monoisotopic (exact) mass is 608 g/mol. The highest BCUT2D eigenvalue weighted by atomic mass is 35.5. The molecule has 216 valence electrons. The number of aromatic nitrogens is 1. The fraction of sp³-hybridized carbons (Fsp3) is 0.346. The Kier molecular flexibility index (Phi) is 8.04. The van der Waals surface area contributed by atoms with E-state index in [-0.39, 0.29) is 43.3 Å². The quantitative estimate of drug-likeness (QED) is 0.269. The number of allylic oxidation sites excluding steroid dienone is 1. The van der Waals surface area contributed by atoms with E-state index in [0.29, 0.717) is 27.7 Å². The number of alkyl halides is 2. The number of thiazole rings is 1. The van der Waals surface area contributed by atoms with Crippen molar-refractivity contribution in [2.24, 2.45) is 15.7 Å². The molecule has 2 saturated heterocycles. The molecule has 41 heavy (non-hydrogen) atoms. The van der Waals surface area contributed by atoms with Crippen molar-refractivity contribution in [3.8, 4) is 0 Å². The van der Waals surface area contributed by atoms with Gasteiger partial charge in [-0.05, 0) is 18.2 Å². The van der Waals surface area contributed by atoms with Crippen LogP contribution in [0.2, 0.25) is 5.02 Å². The number of cyclic esters (lactones) is 1. The summed E-state index contributed by atoms with van der Waals surface area (Å²) in [6.45, 7) is -2.65. The molecule has 10 nitrogen and oxygen atoms in total. The van der Waals surface area contributed by atoms with Gasteiger partial charge in [-0.1, -0.05) is 17.7 Å². The third-order valence-corrected chi connectivity index (χ3v) is 8.13. The van der Waals surface area contributed by atoms with Gasteiger partial charge in [-0.25, -0.2) is 19.2 Å². The van der Waals surface area contributed by atoms with Crippen LogP contribution in [0.15, 0.2) is 62.8 Å². The molecule has 2 fully saturated rings. The normalized spacial score (nSPS) is 22.7. The minimum Gasteiger partial charge on any atom is -0.469 e. The maximum absolute atomic E-state index is 14.0. The Bertz CT molecular complexity index is 1480. The Morgan fingerprint density at radius 2 is 2.24 bits per heavy atom. The summed E-state index contributed by atoms with van der Waals surface area (Å²) in [6, 6.07) is 3.00. The van der Waals surface area contributed by atoms with Crippen molar-refractivity contribution < 1.29 is 32.2 Å². The lowest BCUT2D eigenvalue weighted by atomic mass is 9.89. The van der Waals surface area contributed by atoms with Crippen molar-refractivity contribution >= 4 is 47.1 Å². The number of nitrogens with two attached hydrogens (primary N) is 1. The Balaban J connectivity index is 1.68. The zero-order valence-corrected chi connectivity index (χ0v) is 23.2. The summed E-state index contributed by atoms with van der Waals surface area (Å²) in [4.78, 5) is 40.6. The molecule has 4 heterocycles. The van der Waals surface area contributed by atoms with Crippen LogP contribution in [0.3, 0.4) is 0 Å². The van der Waals surface area contributed by atoms with Gasteiger partial charge in [0.05, 0.1) is 20.1 Å². The van der Waals surface area contributed by atoms with Gasteiger partial charge >= 0.3 is 18.6 Å². The molecule has 5 rings (SSSR count). The number of methoxy groups -OCH3 is 1. The fourth-order valence-electron chi connectivity index (χ4n) is 5.22. The number of fused-ring (bicyclic) bond motifs is 1. The Morgan fingerprint density at radius 1 is 1.44 bits per heavy atom. The van der Waals surface area contributed by atoms with Gasteiger partial charge in [0.15, 0.2) is 10.8 Å². The van der Waals surface area contributed by atoms with E-state index in [1.807, 2.05) is 4.90 Å². The van der Waals surface area contributed by atoms with Crippen molar-refractivity contribution in [2.75, 3.05) is 26.8 Å². The molecule has 0 unspecified atom stereocenters. The van der Waals surface area contributed by atoms with Crippen LogP contribution in [0.4, 0.5) is 18.0 Å². The lowest BCUT2D eigenvalue weighted by Gasteiger charge is -2.33. The van der Waals surface area contributed by atoms with Gasteiger partial charge in [-0.15, -0.1) is 11.3 Å². The highest BCUT2D eigenvalue weighted by Crippen LogP contribution is 2.48. The van der Waals surface area contributed by atoms with Gasteiger partial charge in [0.1, 0.15) is 24.0 Å². The lowest BCUT2D eigenvalue weighted by Crippen LogP contribution is -2.50. The number of carbonyl (C=O) groups is 2. The maximum Gasteiger partial charge on any atom is 0.410 e. The van der Waals surface area contributed by atoms with Gasteiger partial charge in [-0.3, -0.25) is 14.7 Å². The van der Waals surface area contributed by atoms with Gasteiger partial charge in [0.2, 0.25) is 0 Å². The van der Waals surface area contributed by atoms with Crippen molar-refractivity contribution in [1.29, 1.82) is 0 Å². The van der Waals surface area contributed by atoms with Crippen LogP contribution in [0.25, 0.3) is 0 Å². The molecule has 1 aromatic heterocycles. The van der Waals surface area contributed by atoms with E-state index in [1.165, 1.54) is 41.6 Å². The molecule has 2 N–H and O–H groups in total. The maximum atomic E-state index is 14.0. The number of benzene rings is 1. The number of amides is 1. The molecule has 0 aliphatic carbocycles. The van der Waals surface area contributed by atoms with Crippen molar-refractivity contribution in [1.82, 2.24) is 14.8 Å². The van der Waals surface area contributed by atoms with Gasteiger partial charge < -0.3 is 20.1 Å². The third kappa shape index (κ3) is 5.53. The molecule has 0 saturated carbocycles. The molecule has 2 aromatic rings. The van der Waals surface area contributed by atoms with E-state index in [2.05, 4.69) is 9.98 Å². The summed E-state index contributed by atoms with van der Waals surface area (Å²) in [5, 5.41) is 2.43. The fourth-order valence-corrected chi connectivity index (χ4v) is 6.13. The summed E-state index contributed by atoms with van der Waals surface area (Å²) in [5.74, 6) is -0.580. The van der Waals surface area contributed by atoms with Crippen LogP contribution in [0.1, 0.15) is 29.5 Å². The zero-order valence-electron chi connectivity index (χ0n) is 21.6. The molecule has 3 aliphatic rings. The molecule has 0 bridgehead atoms. The Labute approximate surface area is 241 Å². The number of aliphatic imine (C=N–C) groups is 2. The molecule has 1 spiro atoms. The van der Waals surface area contributed by atoms with Crippen molar-refractivity contribution in [3.05, 3.63) is 74.2 Å². The minimum absolute atomic E-state index is 0.0177. The lowest BCUT2D eigenvalue weighted by molar-refractivity contribution is -0.140. The Hall–Kier alpha value is -3.91. The number of esters is 1. The molecule has 0 radical (unpaired) electrons. The van der Waals surface area contributed by atoms with E-state index >= 15 is 0 Å². The van der Waals surface area contributed by atoms with Crippen LogP contribution in [0, 0.1) is 5.82 Å². The van der Waals surface area contributed by atoms with Crippen LogP contribution in [-0.4, -0.2) is 77.8 Å². The molecule has 1 amide bonds. The number of hydrogen-bond donors (Lipinski definition) is 1. The number of rotatable bonds is 8. The molecule has 15 heteroatoms. The first-order chi connectivity index (χ1) is 19.6. The number of halogens is 4. The predicted molar refractivity (Wildman–Crippen MR) is 145 cm³/mol. The smallest absolute Gasteiger partial charge is 0.410 e. The third-order valence-electron chi connectivity index (χ3n) is 7.04. The second-order valence-corrected chi connectivity index (χ2v) is 10.7. The molecular formula is C26H24ClF3N6O4S. The van der Waals surface area contributed by atoms with Crippen LogP contribution in [0.5, 0.6) is 0 Å². The predicted octanol–water partition coefficient (Wildman–Crippen LogP) is 4.29. The first kappa shape index (κ1) is 28.6. The van der Waals surface area contributed by atoms with Gasteiger partial charge in [0, 0.05) is 58.3 Å². The van der Waals surface area contributed by atoms with Crippen molar-refractivity contribution in [2.45, 2.75) is 31.0 Å². The minimum atomic E-state index is -2.93. The van der Waals surface area contributed by atoms with Gasteiger partial charge in [-0.2, -0.15) is 8.78 Å². The number of hydrogen-bond acceptors (Lipinski definition) is 10. The SMILES string of the molecule is COC(=O)CCN1C(=O)OC[C@@]12CC1=C(C(N)=CC=NC(F)F)[C@H](c3ccc(F)cc3Cl)N=C(c3nccs3)N1C2. The average molecular weight is 609 g/mol. The first-order valence-electron chi connectivity index (χ1n) is 12.4. The van der Waals surface area contributed by atoms with Crippen molar-refractivity contribution in [3.63, 3.8) is 0 Å². The number of amidine groups is 1.